The van der Waals surface area contributed by atoms with Crippen molar-refractivity contribution in [1.82, 2.24) is 0 Å². The fraction of sp³-hybridized carbons (Fsp3) is 0.357. The Hall–Kier alpha value is -0.410. The second kappa shape index (κ2) is 4.69. The summed E-state index contributed by atoms with van der Waals surface area (Å²) in [6.45, 7) is 2.16. The van der Waals surface area contributed by atoms with E-state index in [1.165, 1.54) is 47.5 Å². The summed E-state index contributed by atoms with van der Waals surface area (Å²) in [4.78, 5) is 3.78. The summed E-state index contributed by atoms with van der Waals surface area (Å²) in [5.74, 6) is 3.44. The number of nitrogens with zero attached hydrogens (tertiary/aromatic N) is 1. The third kappa shape index (κ3) is 2.04. The van der Waals surface area contributed by atoms with E-state index in [0.717, 1.165) is 4.47 Å². The SMILES string of the molecule is Cc1cccc(Br)c1N1[C]SC2=C1CCCC2. The molecule has 1 aromatic carbocycles. The summed E-state index contributed by atoms with van der Waals surface area (Å²) in [5.41, 5.74) is 4.02. The van der Waals surface area contributed by atoms with Crippen LogP contribution in [0.1, 0.15) is 31.2 Å². The van der Waals surface area contributed by atoms with Crippen LogP contribution in [0, 0.1) is 12.8 Å². The zero-order valence-corrected chi connectivity index (χ0v) is 12.2. The molecule has 1 aliphatic carbocycles. The fourth-order valence-electron chi connectivity index (χ4n) is 2.45. The molecule has 0 fully saturated rings. The molecule has 1 nitrogen and oxygen atoms in total. The zero-order valence-electron chi connectivity index (χ0n) is 9.79. The van der Waals surface area contributed by atoms with Gasteiger partial charge in [0.1, 0.15) is 0 Å². The lowest BCUT2D eigenvalue weighted by Crippen LogP contribution is -2.17. The maximum absolute atomic E-state index is 3.66. The van der Waals surface area contributed by atoms with Crippen LogP contribution in [0.15, 0.2) is 33.3 Å². The molecule has 88 valence electrons. The third-order valence-corrected chi connectivity index (χ3v) is 4.93. The first kappa shape index (κ1) is 11.7. The first-order valence-corrected chi connectivity index (χ1v) is 7.58. The molecule has 0 aromatic heterocycles. The van der Waals surface area contributed by atoms with Gasteiger partial charge in [-0.3, -0.25) is 0 Å². The van der Waals surface area contributed by atoms with E-state index in [0.29, 0.717) is 0 Å². The van der Waals surface area contributed by atoms with Crippen molar-refractivity contribution in [1.29, 1.82) is 0 Å². The molecular formula is C14H14BrNS. The van der Waals surface area contributed by atoms with Gasteiger partial charge in [-0.25, -0.2) is 0 Å². The van der Waals surface area contributed by atoms with E-state index in [1.807, 2.05) is 0 Å². The summed E-state index contributed by atoms with van der Waals surface area (Å²) in [7, 11) is 0. The van der Waals surface area contributed by atoms with Gasteiger partial charge in [0.05, 0.1) is 5.69 Å². The Morgan fingerprint density at radius 3 is 2.94 bits per heavy atom. The average molecular weight is 308 g/mol. The molecule has 3 rings (SSSR count). The highest BCUT2D eigenvalue weighted by Gasteiger charge is 2.29. The molecule has 0 bridgehead atoms. The quantitative estimate of drug-likeness (QED) is 0.710. The summed E-state index contributed by atoms with van der Waals surface area (Å²) in [5, 5.41) is 0. The highest BCUT2D eigenvalue weighted by atomic mass is 79.9. The van der Waals surface area contributed by atoms with Crippen molar-refractivity contribution in [2.24, 2.45) is 0 Å². The van der Waals surface area contributed by atoms with E-state index in [9.17, 15) is 0 Å². The van der Waals surface area contributed by atoms with Crippen LogP contribution in [0.3, 0.4) is 0 Å². The second-order valence-corrected chi connectivity index (χ2v) is 6.24. The number of para-hydroxylation sites is 1. The van der Waals surface area contributed by atoms with E-state index in [2.05, 4.69) is 51.8 Å². The Kier molecular flexibility index (Phi) is 3.22. The van der Waals surface area contributed by atoms with Crippen LogP contribution in [0.5, 0.6) is 0 Å². The van der Waals surface area contributed by atoms with E-state index >= 15 is 0 Å². The number of anilines is 1. The molecule has 0 atom stereocenters. The lowest BCUT2D eigenvalue weighted by molar-refractivity contribution is 0.686. The van der Waals surface area contributed by atoms with E-state index < -0.39 is 0 Å². The maximum atomic E-state index is 3.66. The standard InChI is InChI=1S/C14H14BrNS/c1-10-5-4-6-11(15)14(10)16-9-17-13-8-3-2-7-12(13)16/h4-6H,2-3,7-8H2,1H3. The van der Waals surface area contributed by atoms with Gasteiger partial charge in [0.25, 0.3) is 0 Å². The Balaban J connectivity index is 2.03. The molecule has 17 heavy (non-hydrogen) atoms. The minimum atomic E-state index is 1.16. The molecule has 1 aromatic rings. The highest BCUT2D eigenvalue weighted by Crippen LogP contribution is 2.47. The van der Waals surface area contributed by atoms with Crippen molar-refractivity contribution in [3.8, 4) is 0 Å². The van der Waals surface area contributed by atoms with Gasteiger partial charge in [-0.2, -0.15) is 0 Å². The molecule has 1 aliphatic heterocycles. The van der Waals surface area contributed by atoms with Crippen LogP contribution in [0.25, 0.3) is 0 Å². The lowest BCUT2D eigenvalue weighted by Gasteiger charge is -2.25. The monoisotopic (exact) mass is 307 g/mol. The largest absolute Gasteiger partial charge is 0.321 e. The van der Waals surface area contributed by atoms with E-state index in [1.54, 1.807) is 11.8 Å². The van der Waals surface area contributed by atoms with Gasteiger partial charge in [0.15, 0.2) is 5.88 Å². The van der Waals surface area contributed by atoms with Crippen LogP contribution < -0.4 is 4.90 Å². The van der Waals surface area contributed by atoms with Crippen molar-refractivity contribution >= 4 is 33.4 Å². The number of hydrogen-bond donors (Lipinski definition) is 0. The van der Waals surface area contributed by atoms with E-state index in [-0.39, 0.29) is 0 Å². The minimum absolute atomic E-state index is 1.16. The molecular weight excluding hydrogens is 294 g/mol. The number of rotatable bonds is 1. The summed E-state index contributed by atoms with van der Waals surface area (Å²) in [6.07, 6.45) is 5.06. The normalized spacial score (nSPS) is 19.8. The van der Waals surface area contributed by atoms with Crippen molar-refractivity contribution in [2.75, 3.05) is 4.90 Å². The summed E-state index contributed by atoms with van der Waals surface area (Å²) < 4.78 is 1.16. The molecule has 3 heteroatoms. The van der Waals surface area contributed by atoms with Crippen LogP contribution >= 0.6 is 27.7 Å². The first-order valence-electron chi connectivity index (χ1n) is 5.97. The molecule has 2 aliphatic rings. The van der Waals surface area contributed by atoms with Gasteiger partial charge in [-0.1, -0.05) is 23.9 Å². The van der Waals surface area contributed by atoms with Gasteiger partial charge >= 0.3 is 0 Å². The third-order valence-electron chi connectivity index (χ3n) is 3.33. The summed E-state index contributed by atoms with van der Waals surface area (Å²) in [6, 6.07) is 6.35. The van der Waals surface area contributed by atoms with Crippen molar-refractivity contribution in [2.45, 2.75) is 32.6 Å². The average Bonchev–Trinajstić information content (AvgIpc) is 2.73. The minimum Gasteiger partial charge on any atom is -0.321 e. The molecule has 0 saturated carbocycles. The number of benzene rings is 1. The number of halogens is 1. The number of hydrogen-bond acceptors (Lipinski definition) is 2. The van der Waals surface area contributed by atoms with Gasteiger partial charge in [-0.05, 0) is 60.2 Å². The number of thioether (sulfide) groups is 1. The lowest BCUT2D eigenvalue weighted by atomic mass is 10.0. The molecule has 1 heterocycles. The predicted molar refractivity (Wildman–Crippen MR) is 77.7 cm³/mol. The smallest absolute Gasteiger partial charge is 0.169 e. The number of aryl methyl sites for hydroxylation is 1. The van der Waals surface area contributed by atoms with Crippen LogP contribution in [0.4, 0.5) is 5.69 Å². The Labute approximate surface area is 115 Å². The van der Waals surface area contributed by atoms with Crippen LogP contribution in [0.2, 0.25) is 0 Å². The Bertz CT molecular complexity index is 461. The highest BCUT2D eigenvalue weighted by molar-refractivity contribution is 9.10. The van der Waals surface area contributed by atoms with Gasteiger partial charge in [-0.15, -0.1) is 0 Å². The molecule has 0 spiro atoms. The number of allylic oxidation sites excluding steroid dienone is 2. The van der Waals surface area contributed by atoms with Crippen LogP contribution in [-0.4, -0.2) is 0 Å². The molecule has 0 N–H and O–H groups in total. The van der Waals surface area contributed by atoms with Crippen molar-refractivity contribution in [3.63, 3.8) is 0 Å². The fourth-order valence-corrected chi connectivity index (χ4v) is 4.05. The molecule has 0 saturated heterocycles. The molecule has 2 radical (unpaired) electrons. The van der Waals surface area contributed by atoms with Crippen molar-refractivity contribution in [3.05, 3.63) is 44.7 Å². The van der Waals surface area contributed by atoms with Gasteiger partial charge in [0, 0.05) is 15.1 Å². The topological polar surface area (TPSA) is 3.24 Å². The Morgan fingerprint density at radius 2 is 2.12 bits per heavy atom. The predicted octanol–water partition coefficient (Wildman–Crippen LogP) is 5.09. The Morgan fingerprint density at radius 1 is 1.29 bits per heavy atom. The van der Waals surface area contributed by atoms with Gasteiger partial charge in [0.2, 0.25) is 0 Å². The van der Waals surface area contributed by atoms with Crippen molar-refractivity contribution < 1.29 is 0 Å². The maximum Gasteiger partial charge on any atom is 0.169 e. The van der Waals surface area contributed by atoms with Gasteiger partial charge < -0.3 is 4.90 Å². The molecule has 0 amide bonds. The van der Waals surface area contributed by atoms with E-state index in [4.69, 9.17) is 0 Å². The van der Waals surface area contributed by atoms with Crippen LogP contribution in [-0.2, 0) is 0 Å². The zero-order chi connectivity index (χ0) is 11.8. The first-order chi connectivity index (χ1) is 8.27. The second-order valence-electron chi connectivity index (χ2n) is 4.51. The molecule has 0 unspecified atom stereocenters. The summed E-state index contributed by atoms with van der Waals surface area (Å²) >= 11 is 5.44.